The summed E-state index contributed by atoms with van der Waals surface area (Å²) in [5, 5.41) is 4.86. The van der Waals surface area contributed by atoms with Gasteiger partial charge in [0.05, 0.1) is 18.5 Å². The number of esters is 3. The minimum atomic E-state index is -1.21. The Morgan fingerprint density at radius 1 is 0.927 bits per heavy atom. The van der Waals surface area contributed by atoms with Gasteiger partial charge < -0.3 is 24.8 Å². The molecular weight excluding hydrogens is 552 g/mol. The highest BCUT2D eigenvalue weighted by atomic mass is 32.2. The molecule has 1 aromatic rings. The minimum Gasteiger partial charge on any atom is -0.466 e. The van der Waals surface area contributed by atoms with E-state index in [0.717, 1.165) is 24.6 Å². The van der Waals surface area contributed by atoms with Gasteiger partial charge in [0, 0.05) is 13.3 Å². The maximum absolute atomic E-state index is 13.6. The molecule has 2 rings (SSSR count). The summed E-state index contributed by atoms with van der Waals surface area (Å²) in [5.41, 5.74) is -0.556. The third kappa shape index (κ3) is 10.5. The highest BCUT2D eigenvalue weighted by molar-refractivity contribution is 8.14. The van der Waals surface area contributed by atoms with Crippen LogP contribution in [-0.2, 0) is 44.7 Å². The normalized spacial score (nSPS) is 15.4. The van der Waals surface area contributed by atoms with Crippen LogP contribution >= 0.6 is 11.8 Å². The summed E-state index contributed by atoms with van der Waals surface area (Å²) in [6, 6.07) is 5.25. The van der Waals surface area contributed by atoms with Crippen LogP contribution < -0.4 is 15.4 Å². The van der Waals surface area contributed by atoms with Crippen LogP contribution in [0.1, 0.15) is 72.3 Å². The highest BCUT2D eigenvalue weighted by Gasteiger charge is 2.45. The van der Waals surface area contributed by atoms with E-state index in [2.05, 4.69) is 10.6 Å². The molecule has 2 N–H and O–H groups in total. The first kappa shape index (κ1) is 33.8. The number of carbonyl (C=O) groups is 6. The van der Waals surface area contributed by atoms with Crippen LogP contribution in [0.4, 0.5) is 0 Å². The SMILES string of the molecule is CCOC(=O)CC(=O)Oc1ccc(C[C@H](NC(=O)C2(NC(=O)[C@@H](SC(C)=O)C(C)C)CCCC2)C(=O)OCC)cc1. The Bertz CT molecular complexity index is 1100. The quantitative estimate of drug-likeness (QED) is 0.187. The zero-order chi connectivity index (χ0) is 30.6. The van der Waals surface area contributed by atoms with E-state index >= 15 is 0 Å². The van der Waals surface area contributed by atoms with E-state index in [1.807, 2.05) is 13.8 Å². The number of ether oxygens (including phenoxy) is 3. The molecule has 12 heteroatoms. The number of thioether (sulfide) groups is 1. The summed E-state index contributed by atoms with van der Waals surface area (Å²) in [6.07, 6.45) is 1.82. The van der Waals surface area contributed by atoms with E-state index < -0.39 is 53.0 Å². The first-order valence-electron chi connectivity index (χ1n) is 13.8. The molecule has 0 unspecified atom stereocenters. The van der Waals surface area contributed by atoms with Gasteiger partial charge in [0.2, 0.25) is 11.8 Å². The first-order chi connectivity index (χ1) is 19.4. The van der Waals surface area contributed by atoms with Crippen LogP contribution in [0.25, 0.3) is 0 Å². The number of hydrogen-bond donors (Lipinski definition) is 2. The Hall–Kier alpha value is -3.41. The summed E-state index contributed by atoms with van der Waals surface area (Å²) in [6.45, 7) is 8.64. The van der Waals surface area contributed by atoms with Crippen LogP contribution in [0.3, 0.4) is 0 Å². The van der Waals surface area contributed by atoms with Crippen molar-refractivity contribution in [2.75, 3.05) is 13.2 Å². The summed E-state index contributed by atoms with van der Waals surface area (Å²) in [7, 11) is 0. The molecule has 0 bridgehead atoms. The van der Waals surface area contributed by atoms with E-state index in [0.29, 0.717) is 18.4 Å². The van der Waals surface area contributed by atoms with Gasteiger partial charge in [-0.2, -0.15) is 0 Å². The molecule has 0 aromatic heterocycles. The molecule has 1 fully saturated rings. The van der Waals surface area contributed by atoms with E-state index in [-0.39, 0.29) is 36.4 Å². The third-order valence-electron chi connectivity index (χ3n) is 6.48. The number of nitrogens with one attached hydrogen (secondary N) is 2. The molecule has 2 amide bonds. The lowest BCUT2D eigenvalue weighted by molar-refractivity contribution is -0.150. The van der Waals surface area contributed by atoms with Gasteiger partial charge in [0.1, 0.15) is 23.8 Å². The van der Waals surface area contributed by atoms with E-state index in [1.165, 1.54) is 19.1 Å². The van der Waals surface area contributed by atoms with Gasteiger partial charge in [-0.25, -0.2) is 4.79 Å². The molecule has 0 saturated heterocycles. The molecule has 1 aromatic carbocycles. The second-order valence-corrected chi connectivity index (χ2v) is 11.5. The molecule has 0 aliphatic heterocycles. The molecule has 1 aliphatic carbocycles. The number of carbonyl (C=O) groups excluding carboxylic acids is 6. The standard InChI is InChI=1S/C29H40N2O9S/c1-6-38-23(33)17-24(34)40-21-12-10-20(11-13-21)16-22(27(36)39-7-2)30-28(37)29(14-8-9-15-29)31-26(35)25(18(3)4)41-19(5)32/h10-13,18,22,25H,6-9,14-17H2,1-5H3,(H,30,37)(H,31,35)/t22-,25-/m0/s1. The highest BCUT2D eigenvalue weighted by Crippen LogP contribution is 2.32. The fourth-order valence-corrected chi connectivity index (χ4v) is 5.32. The van der Waals surface area contributed by atoms with Gasteiger partial charge in [-0.3, -0.25) is 24.0 Å². The van der Waals surface area contributed by atoms with Crippen molar-refractivity contribution < 1.29 is 43.0 Å². The number of rotatable bonds is 14. The van der Waals surface area contributed by atoms with E-state index in [4.69, 9.17) is 14.2 Å². The minimum absolute atomic E-state index is 0.0838. The van der Waals surface area contributed by atoms with Crippen LogP contribution in [-0.4, -0.2) is 64.9 Å². The third-order valence-corrected chi connectivity index (χ3v) is 7.82. The predicted octanol–water partition coefficient (Wildman–Crippen LogP) is 2.87. The summed E-state index contributed by atoms with van der Waals surface area (Å²) < 4.78 is 15.1. The number of benzene rings is 1. The topological polar surface area (TPSA) is 154 Å². The Morgan fingerprint density at radius 3 is 2.07 bits per heavy atom. The number of hydrogen-bond acceptors (Lipinski definition) is 10. The zero-order valence-corrected chi connectivity index (χ0v) is 25.1. The Balaban J connectivity index is 2.16. The molecule has 1 saturated carbocycles. The van der Waals surface area contributed by atoms with Gasteiger partial charge in [-0.1, -0.05) is 50.6 Å². The lowest BCUT2D eigenvalue weighted by Gasteiger charge is -2.33. The second-order valence-electron chi connectivity index (χ2n) is 10.1. The summed E-state index contributed by atoms with van der Waals surface area (Å²) in [5.74, 6) is -2.88. The van der Waals surface area contributed by atoms with Crippen molar-refractivity contribution in [1.82, 2.24) is 10.6 Å². The van der Waals surface area contributed by atoms with Gasteiger partial charge in [0.25, 0.3) is 0 Å². The predicted molar refractivity (Wildman–Crippen MR) is 152 cm³/mol. The lowest BCUT2D eigenvalue weighted by atomic mass is 9.94. The van der Waals surface area contributed by atoms with Gasteiger partial charge in [-0.05, 0) is 50.3 Å². The van der Waals surface area contributed by atoms with Crippen molar-refractivity contribution in [2.24, 2.45) is 5.92 Å². The van der Waals surface area contributed by atoms with Crippen LogP contribution in [0.5, 0.6) is 5.75 Å². The maximum atomic E-state index is 13.6. The maximum Gasteiger partial charge on any atom is 0.328 e. The van der Waals surface area contributed by atoms with Gasteiger partial charge in [-0.15, -0.1) is 0 Å². The van der Waals surface area contributed by atoms with Crippen molar-refractivity contribution in [3.05, 3.63) is 29.8 Å². The molecule has 226 valence electrons. The van der Waals surface area contributed by atoms with Gasteiger partial charge >= 0.3 is 17.9 Å². The molecule has 41 heavy (non-hydrogen) atoms. The molecule has 2 atom stereocenters. The Morgan fingerprint density at radius 2 is 1.54 bits per heavy atom. The van der Waals surface area contributed by atoms with Crippen LogP contribution in [0.2, 0.25) is 0 Å². The Kier molecular flexibility index (Phi) is 13.3. The largest absolute Gasteiger partial charge is 0.466 e. The lowest BCUT2D eigenvalue weighted by Crippen LogP contribution is -2.61. The average Bonchev–Trinajstić information content (AvgIpc) is 3.37. The molecule has 11 nitrogen and oxygen atoms in total. The fraction of sp³-hybridized carbons (Fsp3) is 0.586. The van der Waals surface area contributed by atoms with Crippen molar-refractivity contribution in [3.8, 4) is 5.75 Å². The Labute approximate surface area is 244 Å². The van der Waals surface area contributed by atoms with Crippen LogP contribution in [0, 0.1) is 5.92 Å². The van der Waals surface area contributed by atoms with Crippen LogP contribution in [0.15, 0.2) is 24.3 Å². The molecule has 1 aliphatic rings. The van der Waals surface area contributed by atoms with Crippen molar-refractivity contribution in [2.45, 2.75) is 90.0 Å². The van der Waals surface area contributed by atoms with Crippen molar-refractivity contribution in [3.63, 3.8) is 0 Å². The monoisotopic (exact) mass is 592 g/mol. The average molecular weight is 593 g/mol. The van der Waals surface area contributed by atoms with Crippen molar-refractivity contribution in [1.29, 1.82) is 0 Å². The molecule has 0 heterocycles. The zero-order valence-electron chi connectivity index (χ0n) is 24.3. The van der Waals surface area contributed by atoms with Gasteiger partial charge in [0.15, 0.2) is 5.12 Å². The van der Waals surface area contributed by atoms with Crippen molar-refractivity contribution >= 4 is 46.6 Å². The number of amides is 2. The smallest absolute Gasteiger partial charge is 0.328 e. The first-order valence-corrected chi connectivity index (χ1v) is 14.7. The van der Waals surface area contributed by atoms with E-state index in [9.17, 15) is 28.8 Å². The van der Waals surface area contributed by atoms with E-state index in [1.54, 1.807) is 26.0 Å². The molecule has 0 spiro atoms. The molecular formula is C29H40N2O9S. The fourth-order valence-electron chi connectivity index (χ4n) is 4.52. The second kappa shape index (κ2) is 16.1. The summed E-state index contributed by atoms with van der Waals surface area (Å²) >= 11 is 0.935. The molecule has 0 radical (unpaired) electrons. The summed E-state index contributed by atoms with van der Waals surface area (Å²) in [4.78, 5) is 74.8.